The maximum atomic E-state index is 12.6. The van der Waals surface area contributed by atoms with Crippen molar-refractivity contribution in [3.63, 3.8) is 0 Å². The highest BCUT2D eigenvalue weighted by Gasteiger charge is 2.54. The molecule has 0 bridgehead atoms. The summed E-state index contributed by atoms with van der Waals surface area (Å²) >= 11 is 0. The second-order valence-electron chi connectivity index (χ2n) is 7.23. The highest BCUT2D eigenvalue weighted by Crippen LogP contribution is 2.33. The maximum Gasteiger partial charge on any atom is 0.410 e. The van der Waals surface area contributed by atoms with Crippen molar-refractivity contribution in [1.29, 1.82) is 0 Å². The molecule has 2 aliphatic rings. The zero-order valence-corrected chi connectivity index (χ0v) is 14.4. The van der Waals surface area contributed by atoms with Gasteiger partial charge < -0.3 is 14.4 Å². The number of ether oxygens (including phenoxy) is 2. The van der Waals surface area contributed by atoms with Gasteiger partial charge >= 0.3 is 6.09 Å². The Labute approximate surface area is 141 Å². The van der Waals surface area contributed by atoms with Gasteiger partial charge in [0.2, 0.25) is 5.91 Å². The second kappa shape index (κ2) is 6.08. The molecule has 0 unspecified atom stereocenters. The fourth-order valence-corrected chi connectivity index (χ4v) is 3.00. The number of hydrogen-bond donors (Lipinski definition) is 0. The summed E-state index contributed by atoms with van der Waals surface area (Å²) in [7, 11) is 0. The van der Waals surface area contributed by atoms with Gasteiger partial charge in [-0.2, -0.15) is 5.10 Å². The van der Waals surface area contributed by atoms with Crippen LogP contribution in [0.4, 0.5) is 4.79 Å². The molecule has 1 aromatic rings. The zero-order valence-electron chi connectivity index (χ0n) is 14.4. The number of rotatable bonds is 2. The summed E-state index contributed by atoms with van der Waals surface area (Å²) in [5.41, 5.74) is -1.26. The minimum absolute atomic E-state index is 0.0535. The van der Waals surface area contributed by atoms with Gasteiger partial charge in [-0.05, 0) is 33.3 Å². The Morgan fingerprint density at radius 1 is 1.33 bits per heavy atom. The molecule has 0 aromatic carbocycles. The van der Waals surface area contributed by atoms with Crippen LogP contribution in [0.3, 0.4) is 0 Å². The summed E-state index contributed by atoms with van der Waals surface area (Å²) in [6.45, 7) is 7.56. The first-order valence-corrected chi connectivity index (χ1v) is 8.19. The Balaban J connectivity index is 1.63. The fourth-order valence-electron chi connectivity index (χ4n) is 3.00. The third kappa shape index (κ3) is 3.38. The molecule has 0 radical (unpaired) electrons. The molecule has 2 fully saturated rings. The van der Waals surface area contributed by atoms with Crippen molar-refractivity contribution in [2.75, 3.05) is 26.2 Å². The second-order valence-corrected chi connectivity index (χ2v) is 7.23. The molecule has 1 spiro atoms. The van der Waals surface area contributed by atoms with Gasteiger partial charge in [0.25, 0.3) is 0 Å². The van der Waals surface area contributed by atoms with Gasteiger partial charge in [-0.25, -0.2) is 4.79 Å². The molecule has 0 saturated carbocycles. The molecular formula is C16H24N4O4. The van der Waals surface area contributed by atoms with Gasteiger partial charge in [0, 0.05) is 18.9 Å². The Bertz CT molecular complexity index is 602. The summed E-state index contributed by atoms with van der Waals surface area (Å²) in [6, 6.07) is 1.78. The lowest BCUT2D eigenvalue weighted by atomic mass is 9.99. The van der Waals surface area contributed by atoms with Crippen LogP contribution >= 0.6 is 0 Å². The van der Waals surface area contributed by atoms with Gasteiger partial charge in [0.05, 0.1) is 19.7 Å². The molecule has 132 valence electrons. The molecular weight excluding hydrogens is 312 g/mol. The molecule has 1 aromatic heterocycles. The first-order chi connectivity index (χ1) is 11.3. The molecule has 24 heavy (non-hydrogen) atoms. The predicted octanol–water partition coefficient (Wildman–Crippen LogP) is 1.08. The number of likely N-dealkylation sites (tertiary alicyclic amines) is 1. The molecule has 3 rings (SSSR count). The van der Waals surface area contributed by atoms with E-state index in [1.807, 2.05) is 20.8 Å². The van der Waals surface area contributed by atoms with Crippen molar-refractivity contribution in [1.82, 2.24) is 19.6 Å². The normalized spacial score (nSPS) is 20.0. The van der Waals surface area contributed by atoms with Crippen LogP contribution in [0.25, 0.3) is 0 Å². The quantitative estimate of drug-likeness (QED) is 0.808. The van der Waals surface area contributed by atoms with Gasteiger partial charge in [-0.1, -0.05) is 0 Å². The third-order valence-electron chi connectivity index (χ3n) is 4.07. The number of carbonyl (C=O) groups excluding carboxylic acids is 2. The van der Waals surface area contributed by atoms with Crippen molar-refractivity contribution >= 4 is 12.0 Å². The molecule has 0 atom stereocenters. The Morgan fingerprint density at radius 2 is 2.08 bits per heavy atom. The standard InChI is InChI=1S/C16H24N4O4/c1-15(2,3)24-14(22)18-11-16(12-18)20(8-5-9-23-16)13(21)10-19-7-4-6-17-19/h4,6-7H,5,8-12H2,1-3H3. The van der Waals surface area contributed by atoms with E-state index in [0.717, 1.165) is 6.42 Å². The Morgan fingerprint density at radius 3 is 2.71 bits per heavy atom. The lowest BCUT2D eigenvalue weighted by Gasteiger charge is -2.56. The highest BCUT2D eigenvalue weighted by atomic mass is 16.6. The Hall–Kier alpha value is -2.09. The van der Waals surface area contributed by atoms with E-state index in [0.29, 0.717) is 26.2 Å². The van der Waals surface area contributed by atoms with Gasteiger partial charge in [-0.15, -0.1) is 0 Å². The van der Waals surface area contributed by atoms with Crippen molar-refractivity contribution in [2.45, 2.75) is 45.1 Å². The minimum Gasteiger partial charge on any atom is -0.444 e. The maximum absolute atomic E-state index is 12.6. The van der Waals surface area contributed by atoms with Crippen LogP contribution in [-0.2, 0) is 20.8 Å². The van der Waals surface area contributed by atoms with E-state index in [9.17, 15) is 9.59 Å². The first-order valence-electron chi connectivity index (χ1n) is 8.19. The van der Waals surface area contributed by atoms with Crippen LogP contribution in [-0.4, -0.2) is 69.1 Å². The van der Waals surface area contributed by atoms with Crippen LogP contribution in [0.5, 0.6) is 0 Å². The van der Waals surface area contributed by atoms with Crippen LogP contribution in [0, 0.1) is 0 Å². The van der Waals surface area contributed by atoms with Gasteiger partial charge in [0.1, 0.15) is 12.1 Å². The van der Waals surface area contributed by atoms with Crippen molar-refractivity contribution in [3.8, 4) is 0 Å². The van der Waals surface area contributed by atoms with E-state index in [-0.39, 0.29) is 18.5 Å². The molecule has 0 N–H and O–H groups in total. The average molecular weight is 336 g/mol. The number of hydrogen-bond acceptors (Lipinski definition) is 5. The molecule has 2 aliphatic heterocycles. The van der Waals surface area contributed by atoms with E-state index < -0.39 is 11.3 Å². The van der Waals surface area contributed by atoms with Gasteiger partial charge in [-0.3, -0.25) is 14.4 Å². The summed E-state index contributed by atoms with van der Waals surface area (Å²) in [4.78, 5) is 28.1. The van der Waals surface area contributed by atoms with Crippen LogP contribution in [0.2, 0.25) is 0 Å². The fraction of sp³-hybridized carbons (Fsp3) is 0.688. The molecule has 3 heterocycles. The average Bonchev–Trinajstić information content (AvgIpc) is 2.95. The Kier molecular flexibility index (Phi) is 4.25. The monoisotopic (exact) mass is 336 g/mol. The van der Waals surface area contributed by atoms with Gasteiger partial charge in [0.15, 0.2) is 5.72 Å². The smallest absolute Gasteiger partial charge is 0.410 e. The van der Waals surface area contributed by atoms with E-state index in [4.69, 9.17) is 9.47 Å². The lowest BCUT2D eigenvalue weighted by molar-refractivity contribution is -0.242. The topological polar surface area (TPSA) is 76.9 Å². The third-order valence-corrected chi connectivity index (χ3v) is 4.07. The number of aromatic nitrogens is 2. The molecule has 8 heteroatoms. The SMILES string of the molecule is CC(C)(C)OC(=O)N1CC2(C1)OCCCN2C(=O)Cn1cccn1. The molecule has 2 saturated heterocycles. The molecule has 0 aliphatic carbocycles. The molecule has 2 amide bonds. The summed E-state index contributed by atoms with van der Waals surface area (Å²) in [6.07, 6.45) is 3.81. The largest absolute Gasteiger partial charge is 0.444 e. The number of nitrogens with zero attached hydrogens (tertiary/aromatic N) is 4. The van der Waals surface area contributed by atoms with Crippen molar-refractivity contribution in [2.24, 2.45) is 0 Å². The van der Waals surface area contributed by atoms with Crippen molar-refractivity contribution < 1.29 is 19.1 Å². The molecule has 8 nitrogen and oxygen atoms in total. The summed E-state index contributed by atoms with van der Waals surface area (Å²) in [5, 5.41) is 4.07. The number of amides is 2. The summed E-state index contributed by atoms with van der Waals surface area (Å²) in [5.74, 6) is -0.0535. The van der Waals surface area contributed by atoms with Crippen molar-refractivity contribution in [3.05, 3.63) is 18.5 Å². The van der Waals surface area contributed by atoms with Crippen LogP contribution < -0.4 is 0 Å². The zero-order chi connectivity index (χ0) is 17.4. The first kappa shape index (κ1) is 16.8. The van der Waals surface area contributed by atoms with E-state index in [1.165, 1.54) is 0 Å². The minimum atomic E-state index is -0.723. The van der Waals surface area contributed by atoms with Crippen LogP contribution in [0.1, 0.15) is 27.2 Å². The predicted molar refractivity (Wildman–Crippen MR) is 85.0 cm³/mol. The lowest BCUT2D eigenvalue weighted by Crippen LogP contribution is -2.75. The number of carbonyl (C=O) groups is 2. The van der Waals surface area contributed by atoms with E-state index in [2.05, 4.69) is 5.10 Å². The van der Waals surface area contributed by atoms with E-state index in [1.54, 1.807) is 32.9 Å². The van der Waals surface area contributed by atoms with Crippen LogP contribution in [0.15, 0.2) is 18.5 Å². The van der Waals surface area contributed by atoms with E-state index >= 15 is 0 Å². The highest BCUT2D eigenvalue weighted by molar-refractivity contribution is 5.78. The summed E-state index contributed by atoms with van der Waals surface area (Å²) < 4.78 is 12.9.